The minimum atomic E-state index is -0.418. The Hall–Kier alpha value is -4.45. The van der Waals surface area contributed by atoms with Gasteiger partial charge in [0.15, 0.2) is 11.6 Å². The average molecular weight is 535 g/mol. The van der Waals surface area contributed by atoms with E-state index in [9.17, 15) is 9.59 Å². The summed E-state index contributed by atoms with van der Waals surface area (Å²) < 4.78 is 3.05. The van der Waals surface area contributed by atoms with Crippen LogP contribution in [0, 0.1) is 6.92 Å². The first-order chi connectivity index (χ1) is 18.2. The Morgan fingerprint density at radius 2 is 1.76 bits per heavy atom. The molecule has 1 saturated heterocycles. The number of nitrogens with two attached hydrogens (primary N) is 2. The molecule has 1 amide bonds. The van der Waals surface area contributed by atoms with Crippen molar-refractivity contribution in [2.24, 2.45) is 7.05 Å². The van der Waals surface area contributed by atoms with E-state index < -0.39 is 11.5 Å². The van der Waals surface area contributed by atoms with E-state index in [1.54, 1.807) is 49.1 Å². The number of aromatic nitrogens is 6. The fraction of sp³-hybridized carbons (Fsp3) is 0.280. The third kappa shape index (κ3) is 4.65. The number of amides is 1. The van der Waals surface area contributed by atoms with Gasteiger partial charge in [0, 0.05) is 26.2 Å². The monoisotopic (exact) mass is 534 g/mol. The Labute approximate surface area is 223 Å². The standard InChI is InChI=1S/C25H27ClN10O2/c1-14-21(25(38)36(34(14)2)19-6-4-3-5-16(19)26)24(37)32-15-7-9-35(10-8-15)23-22(28)31-12-18(33-23)17-11-30-20(27)13-29-17/h3-6,11-13,15H,7-10H2,1-2H3,(H2,27,30)(H2,28,31)(H,32,37). The van der Waals surface area contributed by atoms with Gasteiger partial charge < -0.3 is 21.7 Å². The van der Waals surface area contributed by atoms with Gasteiger partial charge in [0.1, 0.15) is 22.8 Å². The fourth-order valence-electron chi connectivity index (χ4n) is 4.57. The number of carbonyl (C=O) groups is 1. The normalized spacial score (nSPS) is 14.0. The molecule has 0 spiro atoms. The molecule has 1 fully saturated rings. The molecule has 13 heteroatoms. The summed E-state index contributed by atoms with van der Waals surface area (Å²) in [5, 5.41) is 3.45. The molecule has 0 saturated carbocycles. The average Bonchev–Trinajstić information content (AvgIpc) is 3.13. The number of hydrogen-bond donors (Lipinski definition) is 3. The van der Waals surface area contributed by atoms with Crippen LogP contribution in [0.3, 0.4) is 0 Å². The SMILES string of the molecule is Cc1c(C(=O)NC2CCN(c3nc(-c4cnc(N)cn4)cnc3N)CC2)c(=O)n(-c2ccccc2Cl)n1C. The molecule has 1 aliphatic heterocycles. The van der Waals surface area contributed by atoms with Crippen LogP contribution < -0.4 is 27.2 Å². The maximum absolute atomic E-state index is 13.3. The number of nitrogen functional groups attached to an aromatic ring is 2. The van der Waals surface area contributed by atoms with Crippen LogP contribution in [0.2, 0.25) is 5.02 Å². The molecule has 0 unspecified atom stereocenters. The summed E-state index contributed by atoms with van der Waals surface area (Å²) in [5.74, 6) is 0.762. The highest BCUT2D eigenvalue weighted by Crippen LogP contribution is 2.26. The van der Waals surface area contributed by atoms with Crippen molar-refractivity contribution < 1.29 is 4.79 Å². The first kappa shape index (κ1) is 25.2. The van der Waals surface area contributed by atoms with Gasteiger partial charge in [0.25, 0.3) is 11.5 Å². The Morgan fingerprint density at radius 1 is 1.05 bits per heavy atom. The fourth-order valence-corrected chi connectivity index (χ4v) is 4.79. The van der Waals surface area contributed by atoms with Gasteiger partial charge in [-0.3, -0.25) is 14.3 Å². The Balaban J connectivity index is 1.29. The van der Waals surface area contributed by atoms with E-state index >= 15 is 0 Å². The molecule has 4 aromatic rings. The number of carbonyl (C=O) groups excluding carboxylic acids is 1. The van der Waals surface area contributed by atoms with Crippen LogP contribution in [0.25, 0.3) is 17.1 Å². The van der Waals surface area contributed by atoms with E-state index in [0.717, 1.165) is 0 Å². The van der Waals surface area contributed by atoms with Crippen molar-refractivity contribution in [2.45, 2.75) is 25.8 Å². The lowest BCUT2D eigenvalue weighted by molar-refractivity contribution is 0.0929. The molecule has 196 valence electrons. The second-order valence-electron chi connectivity index (χ2n) is 9.08. The molecule has 1 aromatic carbocycles. The van der Waals surface area contributed by atoms with E-state index in [0.29, 0.717) is 71.2 Å². The highest BCUT2D eigenvalue weighted by Gasteiger charge is 2.28. The molecule has 5 N–H and O–H groups in total. The maximum atomic E-state index is 13.3. The van der Waals surface area contributed by atoms with Crippen molar-refractivity contribution in [1.29, 1.82) is 0 Å². The smallest absolute Gasteiger partial charge is 0.284 e. The first-order valence-corrected chi connectivity index (χ1v) is 12.4. The van der Waals surface area contributed by atoms with E-state index in [1.807, 2.05) is 4.90 Å². The molecular weight excluding hydrogens is 508 g/mol. The van der Waals surface area contributed by atoms with E-state index in [2.05, 4.69) is 25.3 Å². The van der Waals surface area contributed by atoms with Crippen molar-refractivity contribution in [3.8, 4) is 17.1 Å². The number of anilines is 3. The molecule has 3 aromatic heterocycles. The zero-order valence-corrected chi connectivity index (χ0v) is 21.7. The number of benzene rings is 1. The van der Waals surface area contributed by atoms with Crippen LogP contribution in [0.5, 0.6) is 0 Å². The van der Waals surface area contributed by atoms with Crippen LogP contribution >= 0.6 is 11.6 Å². The molecule has 0 bridgehead atoms. The van der Waals surface area contributed by atoms with Gasteiger partial charge in [-0.1, -0.05) is 23.7 Å². The van der Waals surface area contributed by atoms with Gasteiger partial charge in [-0.05, 0) is 31.9 Å². The van der Waals surface area contributed by atoms with Crippen molar-refractivity contribution in [1.82, 2.24) is 34.6 Å². The van der Waals surface area contributed by atoms with Crippen LogP contribution in [-0.2, 0) is 7.05 Å². The van der Waals surface area contributed by atoms with Crippen molar-refractivity contribution in [2.75, 3.05) is 29.5 Å². The van der Waals surface area contributed by atoms with Gasteiger partial charge in [-0.15, -0.1) is 0 Å². The maximum Gasteiger partial charge on any atom is 0.284 e. The van der Waals surface area contributed by atoms with Gasteiger partial charge in [-0.25, -0.2) is 24.6 Å². The van der Waals surface area contributed by atoms with E-state index in [1.165, 1.54) is 17.1 Å². The zero-order valence-electron chi connectivity index (χ0n) is 20.9. The predicted molar refractivity (Wildman–Crippen MR) is 145 cm³/mol. The third-order valence-electron chi connectivity index (χ3n) is 6.71. The molecule has 0 aliphatic carbocycles. The minimum Gasteiger partial charge on any atom is -0.382 e. The molecule has 0 atom stereocenters. The van der Waals surface area contributed by atoms with Crippen LogP contribution in [0.4, 0.5) is 17.5 Å². The van der Waals surface area contributed by atoms with Crippen LogP contribution in [-0.4, -0.2) is 54.3 Å². The minimum absolute atomic E-state index is 0.0993. The number of rotatable bonds is 5. The highest BCUT2D eigenvalue weighted by molar-refractivity contribution is 6.32. The summed E-state index contributed by atoms with van der Waals surface area (Å²) in [6.07, 6.45) is 5.82. The number of piperidine rings is 1. The van der Waals surface area contributed by atoms with E-state index in [-0.39, 0.29) is 11.6 Å². The van der Waals surface area contributed by atoms with E-state index in [4.69, 9.17) is 23.1 Å². The van der Waals surface area contributed by atoms with Gasteiger partial charge >= 0.3 is 0 Å². The topological polar surface area (TPSA) is 163 Å². The molecule has 1 aliphatic rings. The summed E-state index contributed by atoms with van der Waals surface area (Å²) in [5.41, 5.74) is 13.6. The molecule has 38 heavy (non-hydrogen) atoms. The zero-order chi connectivity index (χ0) is 27.0. The Kier molecular flexibility index (Phi) is 6.72. The van der Waals surface area contributed by atoms with Crippen LogP contribution in [0.1, 0.15) is 28.9 Å². The Bertz CT molecular complexity index is 1560. The predicted octanol–water partition coefficient (Wildman–Crippen LogP) is 1.95. The summed E-state index contributed by atoms with van der Waals surface area (Å²) in [6, 6.07) is 6.90. The van der Waals surface area contributed by atoms with Gasteiger partial charge in [0.05, 0.1) is 35.0 Å². The Morgan fingerprint density at radius 3 is 2.45 bits per heavy atom. The van der Waals surface area contributed by atoms with Crippen LogP contribution in [0.15, 0.2) is 47.7 Å². The van der Waals surface area contributed by atoms with Crippen molar-refractivity contribution in [3.05, 3.63) is 69.5 Å². The number of nitrogens with one attached hydrogen (secondary N) is 1. The lowest BCUT2D eigenvalue weighted by atomic mass is 10.0. The summed E-state index contributed by atoms with van der Waals surface area (Å²) in [4.78, 5) is 45.7. The second-order valence-corrected chi connectivity index (χ2v) is 9.48. The molecule has 0 radical (unpaired) electrons. The summed E-state index contributed by atoms with van der Waals surface area (Å²) in [6.45, 7) is 2.93. The molecular formula is C25H27ClN10O2. The number of nitrogens with zero attached hydrogens (tertiary/aromatic N) is 7. The summed E-state index contributed by atoms with van der Waals surface area (Å²) in [7, 11) is 1.73. The summed E-state index contributed by atoms with van der Waals surface area (Å²) >= 11 is 6.32. The first-order valence-electron chi connectivity index (χ1n) is 12.0. The number of halogens is 1. The molecule has 5 rings (SSSR count). The second kappa shape index (κ2) is 10.1. The lowest BCUT2D eigenvalue weighted by Crippen LogP contribution is -2.46. The lowest BCUT2D eigenvalue weighted by Gasteiger charge is -2.33. The number of hydrogen-bond acceptors (Lipinski definition) is 9. The van der Waals surface area contributed by atoms with Gasteiger partial charge in [0.2, 0.25) is 0 Å². The number of para-hydroxylation sites is 1. The quantitative estimate of drug-likeness (QED) is 0.347. The third-order valence-corrected chi connectivity index (χ3v) is 7.03. The molecule has 12 nitrogen and oxygen atoms in total. The highest BCUT2D eigenvalue weighted by atomic mass is 35.5. The largest absolute Gasteiger partial charge is 0.382 e. The molecule has 4 heterocycles. The van der Waals surface area contributed by atoms with Gasteiger partial charge in [-0.2, -0.15) is 0 Å². The van der Waals surface area contributed by atoms with Crippen molar-refractivity contribution in [3.63, 3.8) is 0 Å². The van der Waals surface area contributed by atoms with Crippen molar-refractivity contribution >= 4 is 35.0 Å².